The van der Waals surface area contributed by atoms with Crippen molar-refractivity contribution in [2.45, 2.75) is 115 Å². The molecule has 2 saturated carbocycles. The first kappa shape index (κ1) is 43.7. The Morgan fingerprint density at radius 3 is 2.08 bits per heavy atom. The molecule has 20 heteroatoms. The molecule has 6 rings (SSSR count). The molecule has 0 radical (unpaired) electrons. The molecule has 4 heterocycles. The van der Waals surface area contributed by atoms with Gasteiger partial charge < -0.3 is 52.2 Å². The number of pyridine rings is 1. The Bertz CT molecular complexity index is 2060. The SMILES string of the molecule is CC(=O)O[C@H]1[C@@H]2OC(=O)[C@@H](C)[C@H](C)c3ccncc3C(=O)OC[C@]3(C)O[C@@]4([C@H](OC(C)=O)[C@H]3[C@@H](OC=O)[C@@H](OC(C)=O)[C@]4(COC(=O)c3ccoc3)[C@H]1OC(C)=O)C2(C)O. The number of cyclic esters (lactones) is 1. The second-order valence-electron chi connectivity index (χ2n) is 15.8. The average Bonchev–Trinajstić information content (AvgIpc) is 3.79. The lowest BCUT2D eigenvalue weighted by Crippen LogP contribution is -2.89. The van der Waals surface area contributed by atoms with Crippen molar-refractivity contribution in [2.75, 3.05) is 13.2 Å². The predicted molar refractivity (Wildman–Crippen MR) is 193 cm³/mol. The Kier molecular flexibility index (Phi) is 11.6. The van der Waals surface area contributed by atoms with Gasteiger partial charge in [-0.1, -0.05) is 13.8 Å². The molecule has 2 aromatic heterocycles. The Morgan fingerprint density at radius 1 is 0.883 bits per heavy atom. The van der Waals surface area contributed by atoms with Crippen molar-refractivity contribution >= 4 is 48.3 Å². The molecule has 1 saturated heterocycles. The van der Waals surface area contributed by atoms with Crippen LogP contribution in [-0.2, 0) is 71.4 Å². The summed E-state index contributed by atoms with van der Waals surface area (Å²) < 4.78 is 59.6. The van der Waals surface area contributed by atoms with E-state index in [-0.39, 0.29) is 17.6 Å². The minimum atomic E-state index is -2.86. The summed E-state index contributed by atoms with van der Waals surface area (Å²) in [7, 11) is 0. The van der Waals surface area contributed by atoms with Gasteiger partial charge in [-0.15, -0.1) is 0 Å². The molecule has 324 valence electrons. The van der Waals surface area contributed by atoms with Crippen molar-refractivity contribution in [1.29, 1.82) is 0 Å². The maximum absolute atomic E-state index is 14.4. The van der Waals surface area contributed by atoms with Crippen LogP contribution in [0.25, 0.3) is 0 Å². The van der Waals surface area contributed by atoms with Crippen molar-refractivity contribution < 1.29 is 90.5 Å². The molecule has 1 N–H and O–H groups in total. The monoisotopic (exact) mass is 843 g/mol. The fraction of sp³-hybridized carbons (Fsp3) is 0.575. The molecule has 2 aromatic rings. The fourth-order valence-corrected chi connectivity index (χ4v) is 9.62. The molecule has 4 aliphatic rings. The minimum Gasteiger partial charge on any atom is -0.472 e. The molecule has 2 aliphatic carbocycles. The van der Waals surface area contributed by atoms with Gasteiger partial charge in [0.2, 0.25) is 0 Å². The lowest BCUT2D eigenvalue weighted by molar-refractivity contribution is -0.386. The van der Waals surface area contributed by atoms with Gasteiger partial charge in [-0.25, -0.2) is 9.59 Å². The van der Waals surface area contributed by atoms with Crippen LogP contribution in [-0.4, -0.2) is 125 Å². The van der Waals surface area contributed by atoms with Gasteiger partial charge in [0.1, 0.15) is 48.3 Å². The van der Waals surface area contributed by atoms with Gasteiger partial charge in [0.05, 0.1) is 29.2 Å². The molecule has 60 heavy (non-hydrogen) atoms. The topological polar surface area (TPSA) is 266 Å². The third-order valence-corrected chi connectivity index (χ3v) is 12.1. The highest BCUT2D eigenvalue weighted by atomic mass is 16.7. The Labute approximate surface area is 342 Å². The summed E-state index contributed by atoms with van der Waals surface area (Å²) in [5, 5.41) is 13.5. The maximum Gasteiger partial charge on any atom is 0.341 e. The standard InChI is InChI=1S/C40H45NO19/c1-18-19(2)34(47)59-31-29(55-20(3)43)33(58-23(6)46)39(16-53-35(48)24-10-12-51-14-24)32(57-22(5)45)28(54-17-42)27-30(56-21(4)44)40(39,38(31,8)50)60-37(27,7)15-52-36(49)26-13-41-11-9-25(18)26/h9-14,17-19,27-33,50H,15-16H2,1-8H3/t18-,19-,27+,28+,29-,30+,31-,32+,33-,37-,38?,39+,40-/m0/s1. The first-order chi connectivity index (χ1) is 28.2. The van der Waals surface area contributed by atoms with Crippen LogP contribution in [0.5, 0.6) is 0 Å². The smallest absolute Gasteiger partial charge is 0.341 e. The zero-order valence-electron chi connectivity index (χ0n) is 33.9. The summed E-state index contributed by atoms with van der Waals surface area (Å²) in [6.07, 6.45) is -7.38. The Balaban J connectivity index is 1.77. The number of furan rings is 1. The highest BCUT2D eigenvalue weighted by molar-refractivity contribution is 5.91. The van der Waals surface area contributed by atoms with Crippen LogP contribution in [0, 0.1) is 17.3 Å². The number of esters is 7. The number of fused-ring (bicyclic) bond motifs is 5. The van der Waals surface area contributed by atoms with Gasteiger partial charge in [-0.2, -0.15) is 0 Å². The molecule has 3 fully saturated rings. The highest BCUT2D eigenvalue weighted by Gasteiger charge is 2.92. The van der Waals surface area contributed by atoms with E-state index in [1.54, 1.807) is 6.92 Å². The van der Waals surface area contributed by atoms with E-state index in [4.69, 9.17) is 47.0 Å². The Hall–Kier alpha value is -5.89. The van der Waals surface area contributed by atoms with E-state index >= 15 is 0 Å². The van der Waals surface area contributed by atoms with E-state index < -0.39 is 132 Å². The van der Waals surface area contributed by atoms with Crippen LogP contribution in [0.4, 0.5) is 0 Å². The largest absolute Gasteiger partial charge is 0.472 e. The van der Waals surface area contributed by atoms with Crippen LogP contribution in [0.15, 0.2) is 41.5 Å². The number of carbonyl (C=O) groups excluding carboxylic acids is 8. The molecule has 0 amide bonds. The van der Waals surface area contributed by atoms with Crippen molar-refractivity contribution in [3.05, 3.63) is 53.7 Å². The van der Waals surface area contributed by atoms with Crippen molar-refractivity contribution in [3.8, 4) is 0 Å². The zero-order chi connectivity index (χ0) is 44.1. The Morgan fingerprint density at radius 2 is 1.50 bits per heavy atom. The molecular formula is C40H45NO19. The van der Waals surface area contributed by atoms with E-state index in [0.717, 1.165) is 47.1 Å². The summed E-state index contributed by atoms with van der Waals surface area (Å²) in [6.45, 7) is 7.48. The second kappa shape index (κ2) is 15.9. The van der Waals surface area contributed by atoms with Crippen molar-refractivity contribution in [1.82, 2.24) is 4.98 Å². The number of rotatable bonds is 9. The van der Waals surface area contributed by atoms with Gasteiger partial charge in [0.25, 0.3) is 6.47 Å². The summed E-state index contributed by atoms with van der Waals surface area (Å²) in [4.78, 5) is 112. The average molecular weight is 844 g/mol. The zero-order valence-corrected chi connectivity index (χ0v) is 33.9. The summed E-state index contributed by atoms with van der Waals surface area (Å²) in [6, 6.07) is 2.74. The molecule has 4 bridgehead atoms. The van der Waals surface area contributed by atoms with Gasteiger partial charge in [0, 0.05) is 40.1 Å². The van der Waals surface area contributed by atoms with E-state index in [2.05, 4.69) is 4.98 Å². The number of aliphatic hydroxyl groups is 1. The predicted octanol–water partition coefficient (Wildman–Crippen LogP) is 1.53. The molecule has 13 atom stereocenters. The number of ether oxygens (including phenoxy) is 9. The molecular weight excluding hydrogens is 798 g/mol. The van der Waals surface area contributed by atoms with Gasteiger partial charge in [-0.05, 0) is 37.5 Å². The van der Waals surface area contributed by atoms with Crippen LogP contribution in [0.2, 0.25) is 0 Å². The van der Waals surface area contributed by atoms with Crippen molar-refractivity contribution in [2.24, 2.45) is 17.3 Å². The summed E-state index contributed by atoms with van der Waals surface area (Å²) in [5.41, 5.74) is -10.3. The van der Waals surface area contributed by atoms with Crippen LogP contribution in [0.3, 0.4) is 0 Å². The number of hydrogen-bond donors (Lipinski definition) is 1. The van der Waals surface area contributed by atoms with E-state index in [1.807, 2.05) is 0 Å². The minimum absolute atomic E-state index is 0.0297. The van der Waals surface area contributed by atoms with Crippen LogP contribution < -0.4 is 0 Å². The molecule has 0 aromatic carbocycles. The molecule has 20 nitrogen and oxygen atoms in total. The van der Waals surface area contributed by atoms with E-state index in [0.29, 0.717) is 5.56 Å². The van der Waals surface area contributed by atoms with E-state index in [1.165, 1.54) is 38.4 Å². The third-order valence-electron chi connectivity index (χ3n) is 12.1. The van der Waals surface area contributed by atoms with Gasteiger partial charge in [-0.3, -0.25) is 33.8 Å². The number of carbonyl (C=O) groups is 8. The molecule has 1 unspecified atom stereocenters. The highest BCUT2D eigenvalue weighted by Crippen LogP contribution is 2.70. The summed E-state index contributed by atoms with van der Waals surface area (Å²) >= 11 is 0. The third kappa shape index (κ3) is 6.84. The van der Waals surface area contributed by atoms with E-state index in [9.17, 15) is 43.5 Å². The maximum atomic E-state index is 14.4. The number of aromatic nitrogens is 1. The normalized spacial score (nSPS) is 36.9. The molecule has 2 aliphatic heterocycles. The summed E-state index contributed by atoms with van der Waals surface area (Å²) in [5.74, 6) is -10.9. The fourth-order valence-electron chi connectivity index (χ4n) is 9.62. The van der Waals surface area contributed by atoms with Crippen LogP contribution in [0.1, 0.15) is 87.6 Å². The van der Waals surface area contributed by atoms with Crippen LogP contribution >= 0.6 is 0 Å². The number of hydrogen-bond acceptors (Lipinski definition) is 20. The second-order valence-corrected chi connectivity index (χ2v) is 15.8. The number of nitrogens with zero attached hydrogens (tertiary/aromatic N) is 1. The quantitative estimate of drug-likeness (QED) is 0.213. The lowest BCUT2D eigenvalue weighted by Gasteiger charge is -2.67. The first-order valence-electron chi connectivity index (χ1n) is 18.9. The van der Waals surface area contributed by atoms with Gasteiger partial charge >= 0.3 is 41.8 Å². The lowest BCUT2D eigenvalue weighted by atomic mass is 9.45. The molecule has 1 spiro atoms. The van der Waals surface area contributed by atoms with Gasteiger partial charge in [0.15, 0.2) is 30.0 Å². The first-order valence-corrected chi connectivity index (χ1v) is 18.9. The van der Waals surface area contributed by atoms with Crippen molar-refractivity contribution in [3.63, 3.8) is 0 Å².